The Hall–Kier alpha value is -1.66. The van der Waals surface area contributed by atoms with Crippen molar-refractivity contribution in [3.05, 3.63) is 30.1 Å². The highest BCUT2D eigenvalue weighted by atomic mass is 19.1. The number of anilines is 1. The molecule has 0 spiro atoms. The number of morpholine rings is 1. The molecule has 1 fully saturated rings. The van der Waals surface area contributed by atoms with Gasteiger partial charge in [0.05, 0.1) is 26.3 Å². The van der Waals surface area contributed by atoms with Crippen LogP contribution in [0.5, 0.6) is 0 Å². The number of urea groups is 1. The van der Waals surface area contributed by atoms with Gasteiger partial charge in [-0.2, -0.15) is 0 Å². The predicted molar refractivity (Wildman–Crippen MR) is 69.8 cm³/mol. The monoisotopic (exact) mass is 268 g/mol. The van der Waals surface area contributed by atoms with E-state index >= 15 is 0 Å². The molecule has 5 nitrogen and oxygen atoms in total. The van der Waals surface area contributed by atoms with Gasteiger partial charge in [-0.15, -0.1) is 0 Å². The Morgan fingerprint density at radius 1 is 1.26 bits per heavy atom. The van der Waals surface area contributed by atoms with Crippen molar-refractivity contribution < 1.29 is 18.8 Å². The lowest BCUT2D eigenvalue weighted by Crippen LogP contribution is -3.14. The third kappa shape index (κ3) is 4.84. The molecule has 104 valence electrons. The zero-order chi connectivity index (χ0) is 13.5. The number of ether oxygens (including phenoxy) is 1. The van der Waals surface area contributed by atoms with Crippen LogP contribution in [0.2, 0.25) is 0 Å². The van der Waals surface area contributed by atoms with E-state index in [4.69, 9.17) is 4.74 Å². The fourth-order valence-corrected chi connectivity index (χ4v) is 1.97. The highest BCUT2D eigenvalue weighted by molar-refractivity contribution is 5.89. The largest absolute Gasteiger partial charge is 0.370 e. The lowest BCUT2D eigenvalue weighted by atomic mass is 10.3. The van der Waals surface area contributed by atoms with Crippen LogP contribution in [0.3, 0.4) is 0 Å². The first-order valence-corrected chi connectivity index (χ1v) is 6.46. The number of hydrogen-bond donors (Lipinski definition) is 3. The summed E-state index contributed by atoms with van der Waals surface area (Å²) in [5.41, 5.74) is 0.581. The van der Waals surface area contributed by atoms with Crippen molar-refractivity contribution in [2.45, 2.75) is 0 Å². The minimum atomic E-state index is -0.318. The summed E-state index contributed by atoms with van der Waals surface area (Å²) in [7, 11) is 0. The van der Waals surface area contributed by atoms with Crippen molar-refractivity contribution in [1.29, 1.82) is 0 Å². The van der Waals surface area contributed by atoms with Gasteiger partial charge in [0, 0.05) is 5.69 Å². The molecule has 0 bridgehead atoms. The first-order chi connectivity index (χ1) is 9.24. The van der Waals surface area contributed by atoms with Gasteiger partial charge >= 0.3 is 6.03 Å². The van der Waals surface area contributed by atoms with Gasteiger partial charge in [-0.05, 0) is 24.3 Å². The summed E-state index contributed by atoms with van der Waals surface area (Å²) >= 11 is 0. The zero-order valence-corrected chi connectivity index (χ0v) is 10.7. The summed E-state index contributed by atoms with van der Waals surface area (Å²) < 4.78 is 18.0. The van der Waals surface area contributed by atoms with E-state index in [-0.39, 0.29) is 11.8 Å². The van der Waals surface area contributed by atoms with Gasteiger partial charge in [-0.25, -0.2) is 9.18 Å². The van der Waals surface area contributed by atoms with Crippen molar-refractivity contribution in [2.75, 3.05) is 44.7 Å². The lowest BCUT2D eigenvalue weighted by molar-refractivity contribution is -0.906. The number of amides is 2. The topological polar surface area (TPSA) is 54.8 Å². The smallest absolute Gasteiger partial charge is 0.319 e. The van der Waals surface area contributed by atoms with Crippen LogP contribution in [0, 0.1) is 5.82 Å². The second-order valence-corrected chi connectivity index (χ2v) is 4.50. The average Bonchev–Trinajstić information content (AvgIpc) is 2.43. The van der Waals surface area contributed by atoms with E-state index < -0.39 is 0 Å². The third-order valence-corrected chi connectivity index (χ3v) is 3.07. The minimum absolute atomic E-state index is 0.265. The molecular weight excluding hydrogens is 249 g/mol. The Labute approximate surface area is 111 Å². The maximum atomic E-state index is 12.7. The Morgan fingerprint density at radius 3 is 2.63 bits per heavy atom. The number of carbonyl (C=O) groups is 1. The number of rotatable bonds is 4. The summed E-state index contributed by atoms with van der Waals surface area (Å²) in [5.74, 6) is -0.318. The second kappa shape index (κ2) is 7.06. The van der Waals surface area contributed by atoms with Crippen LogP contribution in [0.1, 0.15) is 0 Å². The summed E-state index contributed by atoms with van der Waals surface area (Å²) in [6.45, 7) is 5.05. The van der Waals surface area contributed by atoms with Crippen LogP contribution in [0.15, 0.2) is 24.3 Å². The Balaban J connectivity index is 1.65. The van der Waals surface area contributed by atoms with Crippen LogP contribution in [-0.2, 0) is 4.74 Å². The predicted octanol–water partition coefficient (Wildman–Crippen LogP) is -0.138. The Bertz CT molecular complexity index is 405. The van der Waals surface area contributed by atoms with Crippen LogP contribution >= 0.6 is 0 Å². The van der Waals surface area contributed by atoms with E-state index in [1.165, 1.54) is 29.2 Å². The van der Waals surface area contributed by atoms with Gasteiger partial charge in [-0.3, -0.25) is 0 Å². The molecule has 3 N–H and O–H groups in total. The summed E-state index contributed by atoms with van der Waals surface area (Å²) in [4.78, 5) is 13.0. The molecule has 2 amide bonds. The van der Waals surface area contributed by atoms with Gasteiger partial charge < -0.3 is 20.3 Å². The van der Waals surface area contributed by atoms with E-state index in [1.54, 1.807) is 0 Å². The molecule has 0 atom stereocenters. The normalized spacial score (nSPS) is 16.1. The van der Waals surface area contributed by atoms with E-state index in [0.29, 0.717) is 12.2 Å². The Kier molecular flexibility index (Phi) is 5.11. The summed E-state index contributed by atoms with van der Waals surface area (Å²) in [5, 5.41) is 5.44. The number of quaternary nitrogens is 1. The molecule has 1 saturated heterocycles. The van der Waals surface area contributed by atoms with Crippen LogP contribution in [-0.4, -0.2) is 45.4 Å². The van der Waals surface area contributed by atoms with Crippen molar-refractivity contribution >= 4 is 11.7 Å². The molecule has 0 radical (unpaired) electrons. The number of carbonyl (C=O) groups excluding carboxylic acids is 1. The maximum absolute atomic E-state index is 12.7. The van der Waals surface area contributed by atoms with Crippen molar-refractivity contribution in [1.82, 2.24) is 5.32 Å². The van der Waals surface area contributed by atoms with E-state index in [2.05, 4.69) is 10.6 Å². The number of benzene rings is 1. The van der Waals surface area contributed by atoms with Crippen LogP contribution in [0.4, 0.5) is 14.9 Å². The molecule has 1 aromatic carbocycles. The fraction of sp³-hybridized carbons (Fsp3) is 0.462. The first kappa shape index (κ1) is 13.8. The van der Waals surface area contributed by atoms with Gasteiger partial charge in [-0.1, -0.05) is 0 Å². The van der Waals surface area contributed by atoms with Crippen LogP contribution < -0.4 is 15.5 Å². The summed E-state index contributed by atoms with van der Waals surface area (Å²) in [6, 6.07) is 5.42. The molecule has 1 aliphatic heterocycles. The van der Waals surface area contributed by atoms with Crippen molar-refractivity contribution in [2.24, 2.45) is 0 Å². The molecular formula is C13H19FN3O2+. The number of nitrogens with one attached hydrogen (secondary N) is 3. The molecule has 0 saturated carbocycles. The van der Waals surface area contributed by atoms with E-state index in [1.807, 2.05) is 0 Å². The first-order valence-electron chi connectivity index (χ1n) is 6.46. The third-order valence-electron chi connectivity index (χ3n) is 3.07. The van der Waals surface area contributed by atoms with Gasteiger partial charge in [0.1, 0.15) is 18.9 Å². The molecule has 0 aromatic heterocycles. The molecule has 1 aromatic rings. The second-order valence-electron chi connectivity index (χ2n) is 4.50. The van der Waals surface area contributed by atoms with Gasteiger partial charge in [0.25, 0.3) is 0 Å². The molecule has 0 unspecified atom stereocenters. The summed E-state index contributed by atoms with van der Waals surface area (Å²) in [6.07, 6.45) is 0. The average molecular weight is 268 g/mol. The number of hydrogen-bond acceptors (Lipinski definition) is 2. The van der Waals surface area contributed by atoms with Crippen LogP contribution in [0.25, 0.3) is 0 Å². The molecule has 6 heteroatoms. The van der Waals surface area contributed by atoms with Crippen molar-refractivity contribution in [3.8, 4) is 0 Å². The highest BCUT2D eigenvalue weighted by Gasteiger charge is 2.13. The molecule has 19 heavy (non-hydrogen) atoms. The fourth-order valence-electron chi connectivity index (χ4n) is 1.97. The van der Waals surface area contributed by atoms with Crippen molar-refractivity contribution in [3.63, 3.8) is 0 Å². The molecule has 0 aliphatic carbocycles. The van der Waals surface area contributed by atoms with E-state index in [0.717, 1.165) is 32.8 Å². The number of halogens is 1. The molecule has 1 heterocycles. The van der Waals surface area contributed by atoms with E-state index in [9.17, 15) is 9.18 Å². The molecule has 1 aliphatic rings. The molecule has 2 rings (SSSR count). The lowest BCUT2D eigenvalue weighted by Gasteiger charge is -2.23. The quantitative estimate of drug-likeness (QED) is 0.712. The highest BCUT2D eigenvalue weighted by Crippen LogP contribution is 2.07. The SMILES string of the molecule is O=C(NCC[NH+]1CCOCC1)Nc1ccc(F)cc1. The maximum Gasteiger partial charge on any atom is 0.319 e. The Morgan fingerprint density at radius 2 is 1.95 bits per heavy atom. The zero-order valence-electron chi connectivity index (χ0n) is 10.7. The van der Waals surface area contributed by atoms with Gasteiger partial charge in [0.2, 0.25) is 0 Å². The minimum Gasteiger partial charge on any atom is -0.370 e. The van der Waals surface area contributed by atoms with Gasteiger partial charge in [0.15, 0.2) is 0 Å². The standard InChI is InChI=1S/C13H18FN3O2/c14-11-1-3-12(4-2-11)16-13(18)15-5-6-17-7-9-19-10-8-17/h1-4H,5-10H2,(H2,15,16,18)/p+1.